The highest BCUT2D eigenvalue weighted by atomic mass is 35.5. The standard InChI is InChI=1S/C18H13ClN4O3S2/c1-26-17-14(4-5-15(19)22-17)16-13-3-2-12(10-11(13)6-7-20-16)28(24,25)23-18-21-8-9-27-18/h2-10H,1H3,(H,21,23). The highest BCUT2D eigenvalue weighted by molar-refractivity contribution is 7.93. The zero-order valence-electron chi connectivity index (χ0n) is 14.5. The number of thiazole rings is 1. The molecule has 0 spiro atoms. The van der Waals surface area contributed by atoms with Gasteiger partial charge in [-0.3, -0.25) is 9.71 Å². The SMILES string of the molecule is COc1nc(Cl)ccc1-c1nccc2cc(S(=O)(=O)Nc3nccs3)ccc12. The Balaban J connectivity index is 1.81. The van der Waals surface area contributed by atoms with Crippen LogP contribution in [-0.2, 0) is 10.0 Å². The molecule has 0 amide bonds. The van der Waals surface area contributed by atoms with Gasteiger partial charge < -0.3 is 4.74 Å². The van der Waals surface area contributed by atoms with Gasteiger partial charge in [0.15, 0.2) is 5.13 Å². The summed E-state index contributed by atoms with van der Waals surface area (Å²) < 4.78 is 33.1. The lowest BCUT2D eigenvalue weighted by Gasteiger charge is -2.11. The number of hydrogen-bond acceptors (Lipinski definition) is 7. The Kier molecular flexibility index (Phi) is 4.88. The monoisotopic (exact) mass is 432 g/mol. The molecular weight excluding hydrogens is 420 g/mol. The largest absolute Gasteiger partial charge is 0.480 e. The maximum absolute atomic E-state index is 12.6. The number of rotatable bonds is 5. The van der Waals surface area contributed by atoms with Gasteiger partial charge in [0.1, 0.15) is 5.15 Å². The van der Waals surface area contributed by atoms with E-state index in [1.165, 1.54) is 30.7 Å². The fraction of sp³-hybridized carbons (Fsp3) is 0.0556. The van der Waals surface area contributed by atoms with Crippen LogP contribution in [0.4, 0.5) is 5.13 Å². The summed E-state index contributed by atoms with van der Waals surface area (Å²) in [5, 5.41) is 3.79. The van der Waals surface area contributed by atoms with E-state index in [1.54, 1.807) is 41.9 Å². The molecule has 7 nitrogen and oxygen atoms in total. The number of pyridine rings is 2. The summed E-state index contributed by atoms with van der Waals surface area (Å²) in [6.07, 6.45) is 3.14. The van der Waals surface area contributed by atoms with Crippen LogP contribution < -0.4 is 9.46 Å². The normalized spacial score (nSPS) is 11.5. The van der Waals surface area contributed by atoms with Crippen molar-refractivity contribution in [1.82, 2.24) is 15.0 Å². The number of benzene rings is 1. The van der Waals surface area contributed by atoms with Crippen molar-refractivity contribution in [3.8, 4) is 17.1 Å². The summed E-state index contributed by atoms with van der Waals surface area (Å²) in [6.45, 7) is 0. The van der Waals surface area contributed by atoms with E-state index in [-0.39, 0.29) is 4.90 Å². The molecule has 0 atom stereocenters. The lowest BCUT2D eigenvalue weighted by molar-refractivity contribution is 0.399. The van der Waals surface area contributed by atoms with Gasteiger partial charge in [0.2, 0.25) is 5.88 Å². The molecule has 10 heteroatoms. The van der Waals surface area contributed by atoms with Crippen molar-refractivity contribution in [3.63, 3.8) is 0 Å². The number of nitrogens with one attached hydrogen (secondary N) is 1. The van der Waals surface area contributed by atoms with Gasteiger partial charge in [-0.05, 0) is 35.7 Å². The quantitative estimate of drug-likeness (QED) is 0.474. The van der Waals surface area contributed by atoms with Gasteiger partial charge in [0.25, 0.3) is 10.0 Å². The van der Waals surface area contributed by atoms with Gasteiger partial charge in [-0.15, -0.1) is 11.3 Å². The lowest BCUT2D eigenvalue weighted by Crippen LogP contribution is -2.12. The predicted molar refractivity (Wildman–Crippen MR) is 109 cm³/mol. The zero-order chi connectivity index (χ0) is 19.7. The first-order valence-corrected chi connectivity index (χ1v) is 10.7. The maximum atomic E-state index is 12.6. The van der Waals surface area contributed by atoms with E-state index in [4.69, 9.17) is 16.3 Å². The van der Waals surface area contributed by atoms with E-state index in [9.17, 15) is 8.42 Å². The van der Waals surface area contributed by atoms with Crippen molar-refractivity contribution in [2.24, 2.45) is 0 Å². The molecule has 3 heterocycles. The summed E-state index contributed by atoms with van der Waals surface area (Å²) in [4.78, 5) is 12.7. The first-order valence-electron chi connectivity index (χ1n) is 8.00. The third-order valence-corrected chi connectivity index (χ3v) is 6.34. The van der Waals surface area contributed by atoms with Gasteiger partial charge in [0, 0.05) is 23.2 Å². The van der Waals surface area contributed by atoms with E-state index in [1.807, 2.05) is 0 Å². The van der Waals surface area contributed by atoms with Crippen molar-refractivity contribution in [1.29, 1.82) is 0 Å². The number of aromatic nitrogens is 3. The van der Waals surface area contributed by atoms with Crippen LogP contribution in [-0.4, -0.2) is 30.5 Å². The molecule has 0 aliphatic heterocycles. The Bertz CT molecular complexity index is 1260. The third-order valence-electron chi connectivity index (χ3n) is 3.97. The number of sulfonamides is 1. The number of nitrogens with zero attached hydrogens (tertiary/aromatic N) is 3. The van der Waals surface area contributed by atoms with Crippen LogP contribution in [0.1, 0.15) is 0 Å². The molecule has 4 aromatic rings. The molecule has 0 saturated heterocycles. The topological polar surface area (TPSA) is 94.1 Å². The molecule has 0 saturated carbocycles. The zero-order valence-corrected chi connectivity index (χ0v) is 16.8. The minimum Gasteiger partial charge on any atom is -0.480 e. The van der Waals surface area contributed by atoms with Crippen LogP contribution in [0.2, 0.25) is 5.15 Å². The number of methoxy groups -OCH3 is 1. The molecule has 0 fully saturated rings. The summed E-state index contributed by atoms with van der Waals surface area (Å²) in [5.74, 6) is 0.342. The van der Waals surface area contributed by atoms with Crippen LogP contribution in [0.15, 0.2) is 59.1 Å². The van der Waals surface area contributed by atoms with Crippen LogP contribution in [0.25, 0.3) is 22.0 Å². The van der Waals surface area contributed by atoms with E-state index < -0.39 is 10.0 Å². The Labute approximate surface area is 170 Å². The molecule has 3 aromatic heterocycles. The molecule has 0 aliphatic carbocycles. The van der Waals surface area contributed by atoms with Gasteiger partial charge >= 0.3 is 0 Å². The van der Waals surface area contributed by atoms with Crippen molar-refractivity contribution < 1.29 is 13.2 Å². The summed E-state index contributed by atoms with van der Waals surface area (Å²) in [5.41, 5.74) is 1.28. The highest BCUT2D eigenvalue weighted by Gasteiger charge is 2.18. The second-order valence-electron chi connectivity index (χ2n) is 5.68. The minimum atomic E-state index is -3.75. The molecule has 28 heavy (non-hydrogen) atoms. The van der Waals surface area contributed by atoms with E-state index in [2.05, 4.69) is 19.7 Å². The highest BCUT2D eigenvalue weighted by Crippen LogP contribution is 2.34. The Morgan fingerprint density at radius 3 is 2.71 bits per heavy atom. The maximum Gasteiger partial charge on any atom is 0.263 e. The van der Waals surface area contributed by atoms with Crippen molar-refractivity contribution >= 4 is 48.9 Å². The first-order chi connectivity index (χ1) is 13.5. The van der Waals surface area contributed by atoms with Crippen LogP contribution in [0.5, 0.6) is 5.88 Å². The summed E-state index contributed by atoms with van der Waals surface area (Å²) in [7, 11) is -2.25. The molecular formula is C18H13ClN4O3S2. The smallest absolute Gasteiger partial charge is 0.263 e. The number of hydrogen-bond donors (Lipinski definition) is 1. The summed E-state index contributed by atoms with van der Waals surface area (Å²) >= 11 is 7.15. The van der Waals surface area contributed by atoms with Crippen molar-refractivity contribution in [3.05, 3.63) is 59.3 Å². The molecule has 0 unspecified atom stereocenters. The van der Waals surface area contributed by atoms with Gasteiger partial charge in [0.05, 0.1) is 23.3 Å². The molecule has 1 aromatic carbocycles. The Hall–Kier alpha value is -2.75. The van der Waals surface area contributed by atoms with Gasteiger partial charge in [-0.2, -0.15) is 0 Å². The van der Waals surface area contributed by atoms with Gasteiger partial charge in [-0.25, -0.2) is 18.4 Å². The average molecular weight is 433 g/mol. The lowest BCUT2D eigenvalue weighted by atomic mass is 10.1. The Morgan fingerprint density at radius 2 is 1.96 bits per heavy atom. The van der Waals surface area contributed by atoms with Crippen LogP contribution in [0.3, 0.4) is 0 Å². The predicted octanol–water partition coefficient (Wildman–Crippen LogP) is 4.22. The second kappa shape index (κ2) is 7.34. The average Bonchev–Trinajstić information content (AvgIpc) is 3.19. The molecule has 4 rings (SSSR count). The molecule has 0 aliphatic rings. The molecule has 0 bridgehead atoms. The van der Waals surface area contributed by atoms with Gasteiger partial charge in [-0.1, -0.05) is 17.7 Å². The summed E-state index contributed by atoms with van der Waals surface area (Å²) in [6, 6.07) is 9.99. The van der Waals surface area contributed by atoms with Crippen LogP contribution >= 0.6 is 22.9 Å². The molecule has 0 radical (unpaired) electrons. The van der Waals surface area contributed by atoms with Crippen molar-refractivity contribution in [2.75, 3.05) is 11.8 Å². The fourth-order valence-corrected chi connectivity index (χ4v) is 4.70. The van der Waals surface area contributed by atoms with Crippen LogP contribution in [0, 0.1) is 0 Å². The molecule has 1 N–H and O–H groups in total. The van der Waals surface area contributed by atoms with Crippen molar-refractivity contribution in [2.45, 2.75) is 4.90 Å². The minimum absolute atomic E-state index is 0.133. The van der Waals surface area contributed by atoms with E-state index in [0.29, 0.717) is 32.8 Å². The first kappa shape index (κ1) is 18.6. The second-order valence-corrected chi connectivity index (χ2v) is 8.64. The number of halogens is 1. The molecule has 142 valence electrons. The Morgan fingerprint density at radius 1 is 1.11 bits per heavy atom. The number of fused-ring (bicyclic) bond motifs is 1. The van der Waals surface area contributed by atoms with E-state index >= 15 is 0 Å². The van der Waals surface area contributed by atoms with E-state index in [0.717, 1.165) is 5.39 Å². The fourth-order valence-electron chi connectivity index (χ4n) is 2.74. The third kappa shape index (κ3) is 3.51. The number of ether oxygens (including phenoxy) is 1. The number of anilines is 1.